The summed E-state index contributed by atoms with van der Waals surface area (Å²) >= 11 is 0. The number of aromatic nitrogens is 1. The number of carbonyl (C=O) groups excluding carboxylic acids is 2. The Morgan fingerprint density at radius 3 is 2.33 bits per heavy atom. The third-order valence-corrected chi connectivity index (χ3v) is 6.45. The van der Waals surface area contributed by atoms with Crippen molar-refractivity contribution in [3.8, 4) is 17.2 Å². The third-order valence-electron chi connectivity index (χ3n) is 6.45. The molecule has 0 radical (unpaired) electrons. The molecular formula is C31H35N3O5. The van der Waals surface area contributed by atoms with Gasteiger partial charge in [-0.1, -0.05) is 36.4 Å². The summed E-state index contributed by atoms with van der Waals surface area (Å²) in [5, 5.41) is 4.18. The Bertz CT molecular complexity index is 1380. The zero-order valence-corrected chi connectivity index (χ0v) is 22.6. The first-order chi connectivity index (χ1) is 19.0. The van der Waals surface area contributed by atoms with E-state index in [9.17, 15) is 9.59 Å². The fraction of sp³-hybridized carbons (Fsp3) is 0.290. The second-order valence-corrected chi connectivity index (χ2v) is 9.23. The average Bonchev–Trinajstić information content (AvgIpc) is 3.35. The molecule has 4 aromatic rings. The lowest BCUT2D eigenvalue weighted by Gasteiger charge is -2.28. The zero-order valence-electron chi connectivity index (χ0n) is 22.6. The fourth-order valence-corrected chi connectivity index (χ4v) is 4.55. The van der Waals surface area contributed by atoms with Crippen molar-refractivity contribution in [2.24, 2.45) is 0 Å². The van der Waals surface area contributed by atoms with Crippen LogP contribution in [0.2, 0.25) is 0 Å². The predicted molar refractivity (Wildman–Crippen MR) is 151 cm³/mol. The molecule has 39 heavy (non-hydrogen) atoms. The van der Waals surface area contributed by atoms with E-state index in [1.807, 2.05) is 61.7 Å². The van der Waals surface area contributed by atoms with E-state index in [1.165, 1.54) is 6.92 Å². The minimum absolute atomic E-state index is 0.0929. The first kappa shape index (κ1) is 27.6. The van der Waals surface area contributed by atoms with Crippen molar-refractivity contribution >= 4 is 22.7 Å². The number of nitrogens with one attached hydrogen (secondary N) is 2. The van der Waals surface area contributed by atoms with Gasteiger partial charge in [-0.15, -0.1) is 0 Å². The van der Waals surface area contributed by atoms with Crippen LogP contribution < -0.4 is 19.5 Å². The summed E-state index contributed by atoms with van der Waals surface area (Å²) in [6.45, 7) is 4.57. The highest BCUT2D eigenvalue weighted by Crippen LogP contribution is 2.22. The van der Waals surface area contributed by atoms with Crippen LogP contribution in [0, 0.1) is 0 Å². The van der Waals surface area contributed by atoms with E-state index in [2.05, 4.69) is 10.3 Å². The number of nitrogens with zero attached hydrogens (tertiary/aromatic N) is 1. The topological polar surface area (TPSA) is 92.9 Å². The summed E-state index contributed by atoms with van der Waals surface area (Å²) in [4.78, 5) is 30.7. The Kier molecular flexibility index (Phi) is 9.45. The number of H-pyrrole nitrogens is 1. The van der Waals surface area contributed by atoms with Gasteiger partial charge < -0.3 is 29.4 Å². The highest BCUT2D eigenvalue weighted by atomic mass is 16.5. The summed E-state index contributed by atoms with van der Waals surface area (Å²) < 4.78 is 16.7. The average molecular weight is 530 g/mol. The summed E-state index contributed by atoms with van der Waals surface area (Å²) in [5.41, 5.74) is 2.98. The lowest BCUT2D eigenvalue weighted by molar-refractivity contribution is -0.131. The Morgan fingerprint density at radius 2 is 1.62 bits per heavy atom. The summed E-state index contributed by atoms with van der Waals surface area (Å²) in [5.74, 6) is 1.67. The van der Waals surface area contributed by atoms with Gasteiger partial charge in [0.2, 0.25) is 5.91 Å². The molecule has 0 aliphatic carbocycles. The van der Waals surface area contributed by atoms with Crippen molar-refractivity contribution in [1.82, 2.24) is 15.2 Å². The molecule has 1 heterocycles. The Hall–Kier alpha value is -4.46. The van der Waals surface area contributed by atoms with Gasteiger partial charge in [-0.05, 0) is 55.3 Å². The lowest BCUT2D eigenvalue weighted by atomic mass is 10.0. The van der Waals surface area contributed by atoms with E-state index in [1.54, 1.807) is 36.3 Å². The van der Waals surface area contributed by atoms with Crippen LogP contribution in [0.15, 0.2) is 79.0 Å². The van der Waals surface area contributed by atoms with Gasteiger partial charge in [-0.2, -0.15) is 0 Å². The minimum Gasteiger partial charge on any atom is -0.496 e. The molecule has 0 aliphatic rings. The number of aromatic amines is 1. The van der Waals surface area contributed by atoms with Crippen molar-refractivity contribution in [3.63, 3.8) is 0 Å². The number of benzene rings is 3. The van der Waals surface area contributed by atoms with Gasteiger partial charge >= 0.3 is 0 Å². The number of amides is 2. The molecule has 8 nitrogen and oxygen atoms in total. The first-order valence-electron chi connectivity index (χ1n) is 13.0. The minimum atomic E-state index is -0.348. The molecular weight excluding hydrogens is 494 g/mol. The molecule has 1 aromatic heterocycles. The van der Waals surface area contributed by atoms with Gasteiger partial charge in [0.05, 0.1) is 19.8 Å². The number of rotatable bonds is 13. The van der Waals surface area contributed by atoms with Crippen LogP contribution in [0.1, 0.15) is 25.0 Å². The summed E-state index contributed by atoms with van der Waals surface area (Å²) in [6.07, 6.45) is 2.49. The zero-order chi connectivity index (χ0) is 27.6. The predicted octanol–water partition coefficient (Wildman–Crippen LogP) is 4.73. The van der Waals surface area contributed by atoms with Crippen molar-refractivity contribution < 1.29 is 23.8 Å². The van der Waals surface area contributed by atoms with Crippen LogP contribution in [-0.2, 0) is 22.6 Å². The Balaban J connectivity index is 1.49. The highest BCUT2D eigenvalue weighted by Gasteiger charge is 2.22. The second kappa shape index (κ2) is 13.4. The summed E-state index contributed by atoms with van der Waals surface area (Å²) in [7, 11) is 1.61. The maximum Gasteiger partial charge on any atom is 0.258 e. The second-order valence-electron chi connectivity index (χ2n) is 9.23. The maximum absolute atomic E-state index is 13.0. The normalized spacial score (nSPS) is 11.6. The monoisotopic (exact) mass is 529 g/mol. The van der Waals surface area contributed by atoms with E-state index >= 15 is 0 Å². The van der Waals surface area contributed by atoms with Crippen LogP contribution in [0.3, 0.4) is 0 Å². The molecule has 1 atom stereocenters. The van der Waals surface area contributed by atoms with E-state index in [4.69, 9.17) is 14.2 Å². The first-order valence-corrected chi connectivity index (χ1v) is 13.0. The van der Waals surface area contributed by atoms with Crippen LogP contribution >= 0.6 is 0 Å². The fourth-order valence-electron chi connectivity index (χ4n) is 4.55. The van der Waals surface area contributed by atoms with Crippen LogP contribution in [0.5, 0.6) is 17.2 Å². The Morgan fingerprint density at radius 1 is 0.923 bits per heavy atom. The quantitative estimate of drug-likeness (QED) is 0.261. The maximum atomic E-state index is 13.0. The van der Waals surface area contributed by atoms with Crippen molar-refractivity contribution in [2.45, 2.75) is 32.9 Å². The number of ether oxygens (including phenoxy) is 3. The number of para-hydroxylation sites is 2. The van der Waals surface area contributed by atoms with Crippen LogP contribution in [0.25, 0.3) is 10.9 Å². The number of fused-ring (bicyclic) bond motifs is 1. The number of hydrogen-bond donors (Lipinski definition) is 2. The van der Waals surface area contributed by atoms with E-state index in [-0.39, 0.29) is 24.5 Å². The Labute approximate surface area is 228 Å². The summed E-state index contributed by atoms with van der Waals surface area (Å²) in [6, 6.07) is 22.4. The third kappa shape index (κ3) is 7.54. The molecule has 2 amide bonds. The molecule has 0 fully saturated rings. The van der Waals surface area contributed by atoms with Gasteiger partial charge in [-0.3, -0.25) is 9.59 Å². The van der Waals surface area contributed by atoms with Gasteiger partial charge in [0, 0.05) is 42.7 Å². The highest BCUT2D eigenvalue weighted by molar-refractivity contribution is 5.83. The number of carbonyl (C=O) groups is 2. The van der Waals surface area contributed by atoms with Crippen molar-refractivity contribution in [3.05, 3.63) is 90.1 Å². The van der Waals surface area contributed by atoms with E-state index in [0.717, 1.165) is 27.8 Å². The molecule has 0 spiro atoms. The smallest absolute Gasteiger partial charge is 0.258 e. The molecule has 3 aromatic carbocycles. The van der Waals surface area contributed by atoms with Crippen molar-refractivity contribution in [1.29, 1.82) is 0 Å². The molecule has 4 rings (SSSR count). The number of methoxy groups -OCH3 is 1. The van der Waals surface area contributed by atoms with Crippen molar-refractivity contribution in [2.75, 3.05) is 26.9 Å². The van der Waals surface area contributed by atoms with Gasteiger partial charge in [0.15, 0.2) is 6.61 Å². The van der Waals surface area contributed by atoms with Gasteiger partial charge in [0.25, 0.3) is 5.91 Å². The largest absolute Gasteiger partial charge is 0.496 e. The number of hydrogen-bond acceptors (Lipinski definition) is 5. The molecule has 8 heteroatoms. The van der Waals surface area contributed by atoms with E-state index in [0.29, 0.717) is 37.6 Å². The molecule has 0 aliphatic heterocycles. The van der Waals surface area contributed by atoms with Gasteiger partial charge in [0.1, 0.15) is 17.2 Å². The van der Waals surface area contributed by atoms with Gasteiger partial charge in [-0.25, -0.2) is 0 Å². The standard InChI is InChI=1S/C31H35N3O5/c1-4-38-26-13-15-27(16-14-26)39-21-31(36)33-25(17-24-18-32-29-11-7-6-10-28(24)29)20-34(22(2)35)19-23-9-5-8-12-30(23)37-3/h5-16,18,25,32H,4,17,19-21H2,1-3H3,(H,33,36). The molecule has 2 N–H and O–H groups in total. The van der Waals surface area contributed by atoms with Crippen LogP contribution in [0.4, 0.5) is 0 Å². The molecule has 1 unspecified atom stereocenters. The molecule has 204 valence electrons. The van der Waals surface area contributed by atoms with E-state index < -0.39 is 0 Å². The SMILES string of the molecule is CCOc1ccc(OCC(=O)NC(Cc2c[nH]c3ccccc23)CN(Cc2ccccc2OC)C(C)=O)cc1. The van der Waals surface area contributed by atoms with Crippen LogP contribution in [-0.4, -0.2) is 54.6 Å². The molecule has 0 bridgehead atoms. The lowest BCUT2D eigenvalue weighted by Crippen LogP contribution is -2.47. The molecule has 0 saturated carbocycles. The molecule has 0 saturated heterocycles.